The van der Waals surface area contributed by atoms with E-state index in [2.05, 4.69) is 5.32 Å². The first-order valence-electron chi connectivity index (χ1n) is 4.97. The van der Waals surface area contributed by atoms with E-state index in [-0.39, 0.29) is 5.69 Å². The van der Waals surface area contributed by atoms with Crippen LogP contribution in [0.1, 0.15) is 5.56 Å². The van der Waals surface area contributed by atoms with Crippen LogP contribution in [0.4, 0.5) is 18.9 Å². The molecule has 0 amide bonds. The van der Waals surface area contributed by atoms with E-state index >= 15 is 0 Å². The number of anilines is 1. The maximum absolute atomic E-state index is 13.6. The second kappa shape index (κ2) is 5.75. The standard InChI is InChI=1S/C11H15F3N2/c1-15-6-8-4-3-5-9(12)11(8)16(2)7-10(13)14/h3-5,10,15H,6-7H2,1-2H3. The molecule has 0 unspecified atom stereocenters. The van der Waals surface area contributed by atoms with Crippen LogP contribution in [0.5, 0.6) is 0 Å². The van der Waals surface area contributed by atoms with Gasteiger partial charge in [-0.1, -0.05) is 12.1 Å². The molecule has 0 saturated carbocycles. The Morgan fingerprint density at radius 3 is 2.62 bits per heavy atom. The van der Waals surface area contributed by atoms with Crippen LogP contribution in [-0.4, -0.2) is 27.1 Å². The average molecular weight is 232 g/mol. The van der Waals surface area contributed by atoms with Crippen molar-refractivity contribution >= 4 is 5.69 Å². The summed E-state index contributed by atoms with van der Waals surface area (Å²) in [5.74, 6) is -0.476. The van der Waals surface area contributed by atoms with E-state index in [0.717, 1.165) is 0 Å². The molecule has 0 saturated heterocycles. The van der Waals surface area contributed by atoms with Crippen molar-refractivity contribution < 1.29 is 13.2 Å². The molecule has 0 aliphatic carbocycles. The monoisotopic (exact) mass is 232 g/mol. The maximum atomic E-state index is 13.6. The molecule has 0 heterocycles. The third kappa shape index (κ3) is 3.13. The van der Waals surface area contributed by atoms with Crippen molar-refractivity contribution in [1.29, 1.82) is 0 Å². The highest BCUT2D eigenvalue weighted by Crippen LogP contribution is 2.24. The molecule has 0 aliphatic rings. The van der Waals surface area contributed by atoms with Gasteiger partial charge >= 0.3 is 0 Å². The molecule has 0 atom stereocenters. The number of para-hydroxylation sites is 1. The van der Waals surface area contributed by atoms with Gasteiger partial charge in [-0.2, -0.15) is 0 Å². The van der Waals surface area contributed by atoms with Gasteiger partial charge in [0, 0.05) is 13.6 Å². The molecule has 90 valence electrons. The van der Waals surface area contributed by atoms with E-state index in [4.69, 9.17) is 0 Å². The van der Waals surface area contributed by atoms with E-state index in [1.807, 2.05) is 0 Å². The molecule has 1 aromatic carbocycles. The number of alkyl halides is 2. The van der Waals surface area contributed by atoms with Gasteiger partial charge in [0.15, 0.2) is 0 Å². The quantitative estimate of drug-likeness (QED) is 0.837. The fourth-order valence-electron chi connectivity index (χ4n) is 1.62. The molecule has 5 heteroatoms. The lowest BCUT2D eigenvalue weighted by Gasteiger charge is -2.22. The summed E-state index contributed by atoms with van der Waals surface area (Å²) in [4.78, 5) is 1.24. The molecule has 1 N–H and O–H groups in total. The van der Waals surface area contributed by atoms with Gasteiger partial charge in [0.05, 0.1) is 12.2 Å². The van der Waals surface area contributed by atoms with Crippen LogP contribution in [0.15, 0.2) is 18.2 Å². The molecule has 0 fully saturated rings. The molecule has 16 heavy (non-hydrogen) atoms. The normalized spacial score (nSPS) is 10.9. The number of benzene rings is 1. The highest BCUT2D eigenvalue weighted by atomic mass is 19.3. The van der Waals surface area contributed by atoms with Crippen LogP contribution in [0, 0.1) is 5.82 Å². The van der Waals surface area contributed by atoms with Crippen LogP contribution >= 0.6 is 0 Å². The second-order valence-electron chi connectivity index (χ2n) is 3.55. The summed E-state index contributed by atoms with van der Waals surface area (Å²) < 4.78 is 38.0. The van der Waals surface area contributed by atoms with Crippen molar-refractivity contribution in [2.45, 2.75) is 13.0 Å². The predicted molar refractivity (Wildman–Crippen MR) is 58.4 cm³/mol. The summed E-state index contributed by atoms with van der Waals surface area (Å²) in [7, 11) is 3.19. The van der Waals surface area contributed by atoms with Gasteiger partial charge in [-0.15, -0.1) is 0 Å². The van der Waals surface area contributed by atoms with E-state index < -0.39 is 18.8 Å². The minimum Gasteiger partial charge on any atom is -0.366 e. The van der Waals surface area contributed by atoms with Gasteiger partial charge in [-0.3, -0.25) is 0 Å². The maximum Gasteiger partial charge on any atom is 0.255 e. The minimum absolute atomic E-state index is 0.233. The van der Waals surface area contributed by atoms with Gasteiger partial charge in [0.25, 0.3) is 6.43 Å². The van der Waals surface area contributed by atoms with E-state index in [9.17, 15) is 13.2 Å². The van der Waals surface area contributed by atoms with Crippen molar-refractivity contribution in [3.63, 3.8) is 0 Å². The summed E-state index contributed by atoms with van der Waals surface area (Å²) in [6.07, 6.45) is -2.48. The van der Waals surface area contributed by atoms with E-state index in [0.29, 0.717) is 12.1 Å². The molecule has 2 nitrogen and oxygen atoms in total. The zero-order chi connectivity index (χ0) is 12.1. The molecule has 1 aromatic rings. The smallest absolute Gasteiger partial charge is 0.255 e. The van der Waals surface area contributed by atoms with Gasteiger partial charge in [0.1, 0.15) is 5.82 Å². The summed E-state index contributed by atoms with van der Waals surface area (Å²) in [6.45, 7) is -0.0294. The number of nitrogens with one attached hydrogen (secondary N) is 1. The van der Waals surface area contributed by atoms with Gasteiger partial charge < -0.3 is 10.2 Å². The Morgan fingerprint density at radius 2 is 2.06 bits per heavy atom. The summed E-state index contributed by atoms with van der Waals surface area (Å²) >= 11 is 0. The Balaban J connectivity index is 2.99. The highest BCUT2D eigenvalue weighted by Gasteiger charge is 2.15. The Morgan fingerprint density at radius 1 is 1.38 bits per heavy atom. The predicted octanol–water partition coefficient (Wildman–Crippen LogP) is 2.25. The fraction of sp³-hybridized carbons (Fsp3) is 0.455. The molecular weight excluding hydrogens is 217 g/mol. The van der Waals surface area contributed by atoms with Crippen LogP contribution in [-0.2, 0) is 6.54 Å². The molecule has 0 spiro atoms. The summed E-state index contributed by atoms with van der Waals surface area (Å²) in [5, 5.41) is 2.88. The number of hydrogen-bond donors (Lipinski definition) is 1. The molecule has 0 aliphatic heterocycles. The average Bonchev–Trinajstić information content (AvgIpc) is 2.16. The lowest BCUT2D eigenvalue weighted by Crippen LogP contribution is -2.26. The van der Waals surface area contributed by atoms with Crippen molar-refractivity contribution in [2.24, 2.45) is 0 Å². The summed E-state index contributed by atoms with van der Waals surface area (Å²) in [5.41, 5.74) is 0.905. The Kier molecular flexibility index (Phi) is 4.61. The first-order valence-corrected chi connectivity index (χ1v) is 4.97. The third-order valence-corrected chi connectivity index (χ3v) is 2.23. The number of hydrogen-bond acceptors (Lipinski definition) is 2. The van der Waals surface area contributed by atoms with E-state index in [1.54, 1.807) is 19.2 Å². The first kappa shape index (κ1) is 12.8. The van der Waals surface area contributed by atoms with Crippen molar-refractivity contribution in [3.05, 3.63) is 29.6 Å². The minimum atomic E-state index is -2.48. The van der Waals surface area contributed by atoms with Gasteiger partial charge in [-0.05, 0) is 18.7 Å². The molecule has 0 aromatic heterocycles. The topological polar surface area (TPSA) is 15.3 Å². The number of halogens is 3. The fourth-order valence-corrected chi connectivity index (χ4v) is 1.62. The van der Waals surface area contributed by atoms with Gasteiger partial charge in [0.2, 0.25) is 0 Å². The second-order valence-corrected chi connectivity index (χ2v) is 3.55. The van der Waals surface area contributed by atoms with Crippen molar-refractivity contribution in [2.75, 3.05) is 25.5 Å². The lowest BCUT2D eigenvalue weighted by molar-refractivity contribution is 0.156. The molecule has 0 bridgehead atoms. The van der Waals surface area contributed by atoms with Crippen molar-refractivity contribution in [3.8, 4) is 0 Å². The summed E-state index contributed by atoms with van der Waals surface area (Å²) in [6, 6.07) is 4.56. The Hall–Kier alpha value is -1.23. The highest BCUT2D eigenvalue weighted by molar-refractivity contribution is 5.54. The molecular formula is C11H15F3N2. The third-order valence-electron chi connectivity index (χ3n) is 2.23. The lowest BCUT2D eigenvalue weighted by atomic mass is 10.1. The van der Waals surface area contributed by atoms with Crippen LogP contribution in [0.2, 0.25) is 0 Å². The van der Waals surface area contributed by atoms with Crippen LogP contribution in [0.3, 0.4) is 0 Å². The zero-order valence-corrected chi connectivity index (χ0v) is 9.30. The largest absolute Gasteiger partial charge is 0.366 e. The number of rotatable bonds is 5. The van der Waals surface area contributed by atoms with Crippen LogP contribution < -0.4 is 10.2 Å². The van der Waals surface area contributed by atoms with E-state index in [1.165, 1.54) is 18.0 Å². The van der Waals surface area contributed by atoms with Crippen LogP contribution in [0.25, 0.3) is 0 Å². The SMILES string of the molecule is CNCc1cccc(F)c1N(C)CC(F)F. The zero-order valence-electron chi connectivity index (χ0n) is 9.30. The molecule has 1 rings (SSSR count). The Labute approximate surface area is 93.1 Å². The van der Waals surface area contributed by atoms with Gasteiger partial charge in [-0.25, -0.2) is 13.2 Å². The first-order chi connectivity index (χ1) is 7.56. The Bertz CT molecular complexity index is 342. The number of nitrogens with zero attached hydrogens (tertiary/aromatic N) is 1. The molecule has 0 radical (unpaired) electrons. The van der Waals surface area contributed by atoms with Crippen molar-refractivity contribution in [1.82, 2.24) is 5.32 Å².